The lowest BCUT2D eigenvalue weighted by Crippen LogP contribution is -1.94. The van der Waals surface area contributed by atoms with Crippen LogP contribution < -0.4 is 0 Å². The van der Waals surface area contributed by atoms with Crippen LogP contribution in [0.5, 0.6) is 0 Å². The van der Waals surface area contributed by atoms with E-state index < -0.39 is 0 Å². The van der Waals surface area contributed by atoms with Crippen molar-refractivity contribution in [2.75, 3.05) is 6.61 Å². The maximum atomic E-state index is 9.67. The Balaban J connectivity index is 2.20. The highest BCUT2D eigenvalue weighted by Crippen LogP contribution is 2.01. The summed E-state index contributed by atoms with van der Waals surface area (Å²) < 4.78 is 4.45. The Hall–Kier alpha value is -1.31. The number of hydrogen-bond donors (Lipinski definition) is 0. The molecule has 0 fully saturated rings. The van der Waals surface area contributed by atoms with Crippen LogP contribution in [0, 0.1) is 0 Å². The summed E-state index contributed by atoms with van der Waals surface area (Å²) in [4.78, 5) is 9.67. The van der Waals surface area contributed by atoms with Gasteiger partial charge < -0.3 is 4.74 Å². The fourth-order valence-corrected chi connectivity index (χ4v) is 1.03. The van der Waals surface area contributed by atoms with Gasteiger partial charge in [-0.05, 0) is 18.4 Å². The van der Waals surface area contributed by atoms with Gasteiger partial charge in [-0.25, -0.2) is 4.79 Å². The first-order valence-electron chi connectivity index (χ1n) is 3.96. The van der Waals surface area contributed by atoms with Crippen LogP contribution >= 0.6 is 0 Å². The van der Waals surface area contributed by atoms with E-state index in [0.717, 1.165) is 12.8 Å². The second kappa shape index (κ2) is 5.35. The van der Waals surface area contributed by atoms with Gasteiger partial charge in [0.15, 0.2) is 0 Å². The van der Waals surface area contributed by atoms with Crippen molar-refractivity contribution in [1.29, 1.82) is 0 Å². The lowest BCUT2D eigenvalue weighted by Gasteiger charge is -1.98. The van der Waals surface area contributed by atoms with Crippen molar-refractivity contribution in [2.45, 2.75) is 12.8 Å². The summed E-state index contributed by atoms with van der Waals surface area (Å²) in [6, 6.07) is 10.1. The molecule has 0 aliphatic rings. The number of carbonyl (C=O) groups excluding carboxylic acids is 1. The van der Waals surface area contributed by atoms with E-state index in [4.69, 9.17) is 0 Å². The van der Waals surface area contributed by atoms with Crippen molar-refractivity contribution in [1.82, 2.24) is 0 Å². The van der Waals surface area contributed by atoms with E-state index in [1.165, 1.54) is 12.0 Å². The van der Waals surface area contributed by atoms with Gasteiger partial charge in [0, 0.05) is 0 Å². The van der Waals surface area contributed by atoms with Gasteiger partial charge in [-0.2, -0.15) is 0 Å². The Labute approximate surface area is 72.2 Å². The minimum atomic E-state index is 0.457. The summed E-state index contributed by atoms with van der Waals surface area (Å²) in [5.74, 6) is 0. The minimum absolute atomic E-state index is 0.457. The molecule has 12 heavy (non-hydrogen) atoms. The number of hydrogen-bond acceptors (Lipinski definition) is 2. The topological polar surface area (TPSA) is 26.3 Å². The molecule has 1 aromatic carbocycles. The van der Waals surface area contributed by atoms with Crippen molar-refractivity contribution in [2.24, 2.45) is 0 Å². The molecule has 1 radical (unpaired) electrons. The van der Waals surface area contributed by atoms with Gasteiger partial charge in [0.1, 0.15) is 0 Å². The van der Waals surface area contributed by atoms with Gasteiger partial charge in [-0.15, -0.1) is 0 Å². The first-order valence-corrected chi connectivity index (χ1v) is 3.96. The highest BCUT2D eigenvalue weighted by molar-refractivity contribution is 5.38. The fraction of sp³-hybridized carbons (Fsp3) is 0.300. The van der Waals surface area contributed by atoms with E-state index in [1.807, 2.05) is 18.2 Å². The van der Waals surface area contributed by atoms with E-state index in [1.54, 1.807) is 0 Å². The van der Waals surface area contributed by atoms with Crippen LogP contribution in [-0.4, -0.2) is 13.1 Å². The first kappa shape index (κ1) is 8.78. The first-order chi connectivity index (χ1) is 5.93. The molecule has 0 unspecified atom stereocenters. The van der Waals surface area contributed by atoms with Gasteiger partial charge in [0.05, 0.1) is 6.61 Å². The lowest BCUT2D eigenvalue weighted by atomic mass is 10.1. The van der Waals surface area contributed by atoms with E-state index in [-0.39, 0.29) is 0 Å². The molecular weight excluding hydrogens is 152 g/mol. The second-order valence-corrected chi connectivity index (χ2v) is 2.52. The zero-order valence-corrected chi connectivity index (χ0v) is 6.82. The summed E-state index contributed by atoms with van der Waals surface area (Å²) in [7, 11) is 0. The Morgan fingerprint density at radius 1 is 1.25 bits per heavy atom. The quantitative estimate of drug-likeness (QED) is 0.617. The number of ether oxygens (including phenoxy) is 1. The summed E-state index contributed by atoms with van der Waals surface area (Å²) >= 11 is 0. The third-order valence-corrected chi connectivity index (χ3v) is 1.61. The van der Waals surface area contributed by atoms with Crippen molar-refractivity contribution in [3.05, 3.63) is 35.9 Å². The molecule has 1 rings (SSSR count). The molecule has 63 valence electrons. The van der Waals surface area contributed by atoms with Crippen LogP contribution in [0.3, 0.4) is 0 Å². The van der Waals surface area contributed by atoms with Crippen LogP contribution in [0.15, 0.2) is 30.3 Å². The number of rotatable bonds is 5. The standard InChI is InChI=1S/C10H11O2/c11-9-12-8-4-7-10-5-2-1-3-6-10/h1-3,5-6H,4,7-8H2. The summed E-state index contributed by atoms with van der Waals surface area (Å²) in [6.45, 7) is 1.86. The van der Waals surface area contributed by atoms with Gasteiger partial charge in [0.2, 0.25) is 0 Å². The number of benzene rings is 1. The van der Waals surface area contributed by atoms with Crippen LogP contribution in [0.4, 0.5) is 0 Å². The Kier molecular flexibility index (Phi) is 3.92. The van der Waals surface area contributed by atoms with E-state index in [2.05, 4.69) is 16.9 Å². The normalized spacial score (nSPS) is 9.33. The van der Waals surface area contributed by atoms with Crippen molar-refractivity contribution in [3.63, 3.8) is 0 Å². The minimum Gasteiger partial charge on any atom is -0.457 e. The molecule has 0 N–H and O–H groups in total. The maximum absolute atomic E-state index is 9.67. The third-order valence-electron chi connectivity index (χ3n) is 1.61. The summed E-state index contributed by atoms with van der Waals surface area (Å²) in [5.41, 5.74) is 1.27. The molecule has 0 saturated carbocycles. The molecule has 0 aromatic heterocycles. The van der Waals surface area contributed by atoms with Crippen LogP contribution in [0.2, 0.25) is 0 Å². The number of aryl methyl sites for hydroxylation is 1. The molecule has 0 aliphatic heterocycles. The second-order valence-electron chi connectivity index (χ2n) is 2.52. The van der Waals surface area contributed by atoms with E-state index in [9.17, 15) is 4.79 Å². The zero-order chi connectivity index (χ0) is 8.65. The summed E-state index contributed by atoms with van der Waals surface area (Å²) in [5, 5.41) is 0. The predicted molar refractivity (Wildman–Crippen MR) is 46.4 cm³/mol. The summed E-state index contributed by atoms with van der Waals surface area (Å²) in [6.07, 6.45) is 1.81. The molecule has 0 saturated heterocycles. The highest BCUT2D eigenvalue weighted by Gasteiger charge is 1.91. The average Bonchev–Trinajstić information content (AvgIpc) is 2.14. The van der Waals surface area contributed by atoms with Gasteiger partial charge >= 0.3 is 6.47 Å². The molecule has 0 heterocycles. The molecule has 0 bridgehead atoms. The predicted octanol–water partition coefficient (Wildman–Crippen LogP) is 1.70. The zero-order valence-electron chi connectivity index (χ0n) is 6.82. The van der Waals surface area contributed by atoms with E-state index in [0.29, 0.717) is 6.61 Å². The fourth-order valence-electron chi connectivity index (χ4n) is 1.03. The lowest BCUT2D eigenvalue weighted by molar-refractivity contribution is 0.273. The smallest absolute Gasteiger partial charge is 0.417 e. The molecule has 0 atom stereocenters. The Bertz CT molecular complexity index is 219. The average molecular weight is 163 g/mol. The molecule has 0 amide bonds. The largest absolute Gasteiger partial charge is 0.457 e. The molecule has 0 aliphatic carbocycles. The van der Waals surface area contributed by atoms with Gasteiger partial charge in [-0.1, -0.05) is 30.3 Å². The SMILES string of the molecule is O=[C]OCCCc1ccccc1. The Morgan fingerprint density at radius 3 is 2.67 bits per heavy atom. The monoisotopic (exact) mass is 163 g/mol. The highest BCUT2D eigenvalue weighted by atomic mass is 16.5. The van der Waals surface area contributed by atoms with Crippen LogP contribution in [0.25, 0.3) is 0 Å². The molecule has 2 nitrogen and oxygen atoms in total. The van der Waals surface area contributed by atoms with E-state index >= 15 is 0 Å². The van der Waals surface area contributed by atoms with Crippen molar-refractivity contribution in [3.8, 4) is 0 Å². The third kappa shape index (κ3) is 3.19. The molecule has 2 heteroatoms. The molecule has 0 spiro atoms. The van der Waals surface area contributed by atoms with Gasteiger partial charge in [0.25, 0.3) is 0 Å². The molecular formula is C10H11O2. The van der Waals surface area contributed by atoms with Gasteiger partial charge in [-0.3, -0.25) is 0 Å². The van der Waals surface area contributed by atoms with Crippen LogP contribution in [-0.2, 0) is 16.0 Å². The van der Waals surface area contributed by atoms with Crippen molar-refractivity contribution >= 4 is 6.47 Å². The van der Waals surface area contributed by atoms with Crippen molar-refractivity contribution < 1.29 is 9.53 Å². The Morgan fingerprint density at radius 2 is 2.00 bits per heavy atom. The maximum Gasteiger partial charge on any atom is 0.417 e. The van der Waals surface area contributed by atoms with Crippen LogP contribution in [0.1, 0.15) is 12.0 Å². The molecule has 1 aromatic rings.